The van der Waals surface area contributed by atoms with Gasteiger partial charge in [0.05, 0.1) is 0 Å². The summed E-state index contributed by atoms with van der Waals surface area (Å²) >= 11 is 3.38. The molecule has 0 aliphatic heterocycles. The number of benzene rings is 1. The van der Waals surface area contributed by atoms with Gasteiger partial charge in [-0.2, -0.15) is 0 Å². The number of rotatable bonds is 1. The van der Waals surface area contributed by atoms with Crippen molar-refractivity contribution in [2.24, 2.45) is 0 Å². The van der Waals surface area contributed by atoms with Crippen molar-refractivity contribution in [1.82, 2.24) is 4.98 Å². The van der Waals surface area contributed by atoms with Crippen LogP contribution in [0.15, 0.2) is 27.3 Å². The second kappa shape index (κ2) is 3.81. The molecule has 0 unspecified atom stereocenters. The third-order valence-electron chi connectivity index (χ3n) is 2.33. The molecular formula is C12H12BrNO. The minimum Gasteiger partial charge on any atom is -0.434 e. The van der Waals surface area contributed by atoms with E-state index in [4.69, 9.17) is 4.42 Å². The Kier molecular flexibility index (Phi) is 2.65. The van der Waals surface area contributed by atoms with Gasteiger partial charge in [-0.3, -0.25) is 0 Å². The van der Waals surface area contributed by atoms with Crippen molar-refractivity contribution >= 4 is 15.9 Å². The van der Waals surface area contributed by atoms with Crippen LogP contribution in [0.1, 0.15) is 17.0 Å². The Bertz CT molecular complexity index is 502. The van der Waals surface area contributed by atoms with Crippen LogP contribution in [0.2, 0.25) is 0 Å². The summed E-state index contributed by atoms with van der Waals surface area (Å²) in [6.07, 6.45) is 0. The van der Waals surface area contributed by atoms with Crippen molar-refractivity contribution in [3.05, 3.63) is 39.9 Å². The smallest absolute Gasteiger partial charge is 0.197 e. The Morgan fingerprint density at radius 2 is 1.93 bits per heavy atom. The van der Waals surface area contributed by atoms with Crippen molar-refractivity contribution in [1.29, 1.82) is 0 Å². The van der Waals surface area contributed by atoms with Crippen LogP contribution in [0.3, 0.4) is 0 Å². The minimum atomic E-state index is 0.678. The van der Waals surface area contributed by atoms with E-state index in [1.54, 1.807) is 0 Å². The molecule has 0 atom stereocenters. The number of aryl methyl sites for hydroxylation is 3. The van der Waals surface area contributed by atoms with Gasteiger partial charge < -0.3 is 4.42 Å². The zero-order valence-electron chi connectivity index (χ0n) is 8.97. The number of nitrogens with zero attached hydrogens (tertiary/aromatic N) is 1. The fraction of sp³-hybridized carbons (Fsp3) is 0.250. The molecule has 1 aromatic heterocycles. The van der Waals surface area contributed by atoms with Crippen molar-refractivity contribution in [3.8, 4) is 11.3 Å². The van der Waals surface area contributed by atoms with E-state index in [-0.39, 0.29) is 0 Å². The molecule has 1 aromatic carbocycles. The lowest BCUT2D eigenvalue weighted by Crippen LogP contribution is -1.85. The van der Waals surface area contributed by atoms with Crippen LogP contribution in [0.25, 0.3) is 11.3 Å². The quantitative estimate of drug-likeness (QED) is 0.778. The van der Waals surface area contributed by atoms with Crippen LogP contribution in [0.5, 0.6) is 0 Å². The molecule has 1 heterocycles. The fourth-order valence-electron chi connectivity index (χ4n) is 1.65. The topological polar surface area (TPSA) is 26.0 Å². The molecule has 0 bridgehead atoms. The van der Waals surface area contributed by atoms with Crippen molar-refractivity contribution < 1.29 is 4.42 Å². The molecule has 2 rings (SSSR count). The third-order valence-corrected chi connectivity index (χ3v) is 2.87. The van der Waals surface area contributed by atoms with Crippen LogP contribution in [-0.4, -0.2) is 4.98 Å². The zero-order valence-corrected chi connectivity index (χ0v) is 10.6. The molecular weight excluding hydrogens is 254 g/mol. The first kappa shape index (κ1) is 10.4. The molecule has 0 radical (unpaired) electrons. The Labute approximate surface area is 97.5 Å². The molecule has 3 heteroatoms. The molecule has 2 nitrogen and oxygen atoms in total. The molecule has 0 amide bonds. The molecule has 0 saturated carbocycles. The Balaban J connectivity index is 2.59. The number of halogens is 1. The van der Waals surface area contributed by atoms with Gasteiger partial charge >= 0.3 is 0 Å². The van der Waals surface area contributed by atoms with Gasteiger partial charge in [0.15, 0.2) is 10.6 Å². The van der Waals surface area contributed by atoms with E-state index < -0.39 is 0 Å². The van der Waals surface area contributed by atoms with E-state index in [0.717, 1.165) is 11.3 Å². The summed E-state index contributed by atoms with van der Waals surface area (Å²) in [4.78, 5) is 4.36. The summed E-state index contributed by atoms with van der Waals surface area (Å²) in [7, 11) is 0. The summed E-state index contributed by atoms with van der Waals surface area (Å²) < 4.78 is 6.06. The van der Waals surface area contributed by atoms with Crippen molar-refractivity contribution in [2.75, 3.05) is 0 Å². The van der Waals surface area contributed by atoms with Gasteiger partial charge in [0.25, 0.3) is 0 Å². The minimum absolute atomic E-state index is 0.678. The number of oxazole rings is 1. The molecule has 0 aliphatic rings. The molecule has 0 aliphatic carbocycles. The first-order valence-corrected chi connectivity index (χ1v) is 5.58. The number of hydrogen-bond acceptors (Lipinski definition) is 2. The lowest BCUT2D eigenvalue weighted by Gasteiger charge is -2.03. The molecule has 2 aromatic rings. The highest BCUT2D eigenvalue weighted by Crippen LogP contribution is 2.30. The van der Waals surface area contributed by atoms with Crippen molar-refractivity contribution in [2.45, 2.75) is 20.8 Å². The normalized spacial score (nSPS) is 10.7. The summed E-state index contributed by atoms with van der Waals surface area (Å²) in [6, 6.07) is 6.30. The maximum Gasteiger partial charge on any atom is 0.197 e. The van der Waals surface area contributed by atoms with Crippen LogP contribution >= 0.6 is 15.9 Å². The summed E-state index contributed by atoms with van der Waals surface area (Å²) in [5.41, 5.74) is 4.46. The first-order chi connectivity index (χ1) is 7.08. The number of hydrogen-bond donors (Lipinski definition) is 0. The van der Waals surface area contributed by atoms with E-state index in [9.17, 15) is 0 Å². The standard InChI is InChI=1S/C12H12BrNO/c1-7-4-5-10(8(2)6-7)11-12(13)15-9(3)14-11/h4-6H,1-3H3. The molecule has 0 saturated heterocycles. The maximum atomic E-state index is 5.36. The van der Waals surface area contributed by atoms with E-state index in [1.165, 1.54) is 11.1 Å². The van der Waals surface area contributed by atoms with Gasteiger partial charge in [0.2, 0.25) is 0 Å². The van der Waals surface area contributed by atoms with Crippen LogP contribution in [0, 0.1) is 20.8 Å². The van der Waals surface area contributed by atoms with Gasteiger partial charge in [-0.25, -0.2) is 4.98 Å². The SMILES string of the molecule is Cc1ccc(-c2nc(C)oc2Br)c(C)c1. The van der Waals surface area contributed by atoms with Gasteiger partial charge in [-0.05, 0) is 35.3 Å². The average Bonchev–Trinajstić information content (AvgIpc) is 2.45. The Hall–Kier alpha value is -1.09. The first-order valence-electron chi connectivity index (χ1n) is 4.78. The van der Waals surface area contributed by atoms with Gasteiger partial charge in [-0.1, -0.05) is 23.8 Å². The number of aromatic nitrogens is 1. The van der Waals surface area contributed by atoms with Crippen LogP contribution in [0.4, 0.5) is 0 Å². The Morgan fingerprint density at radius 1 is 1.20 bits per heavy atom. The van der Waals surface area contributed by atoms with Crippen LogP contribution < -0.4 is 0 Å². The second-order valence-corrected chi connectivity index (χ2v) is 4.39. The van der Waals surface area contributed by atoms with Gasteiger partial charge in [0.1, 0.15) is 5.69 Å². The highest BCUT2D eigenvalue weighted by atomic mass is 79.9. The third kappa shape index (κ3) is 1.97. The monoisotopic (exact) mass is 265 g/mol. The van der Waals surface area contributed by atoms with Gasteiger partial charge in [-0.15, -0.1) is 0 Å². The predicted molar refractivity (Wildman–Crippen MR) is 63.9 cm³/mol. The van der Waals surface area contributed by atoms with E-state index in [0.29, 0.717) is 10.6 Å². The molecule has 0 fully saturated rings. The predicted octanol–water partition coefficient (Wildman–Crippen LogP) is 4.03. The second-order valence-electron chi connectivity index (χ2n) is 3.67. The lowest BCUT2D eigenvalue weighted by molar-refractivity contribution is 0.500. The molecule has 78 valence electrons. The highest BCUT2D eigenvalue weighted by molar-refractivity contribution is 9.10. The van der Waals surface area contributed by atoms with Crippen molar-refractivity contribution in [3.63, 3.8) is 0 Å². The average molecular weight is 266 g/mol. The fourth-order valence-corrected chi connectivity index (χ4v) is 2.18. The largest absolute Gasteiger partial charge is 0.434 e. The molecule has 0 N–H and O–H groups in total. The van der Waals surface area contributed by atoms with E-state index in [2.05, 4.69) is 53.0 Å². The molecule has 0 spiro atoms. The molecule has 15 heavy (non-hydrogen) atoms. The summed E-state index contributed by atoms with van der Waals surface area (Å²) in [5.74, 6) is 0.678. The van der Waals surface area contributed by atoms with Gasteiger partial charge in [0, 0.05) is 12.5 Å². The highest BCUT2D eigenvalue weighted by Gasteiger charge is 2.12. The van der Waals surface area contributed by atoms with E-state index in [1.807, 2.05) is 6.92 Å². The maximum absolute atomic E-state index is 5.36. The van der Waals surface area contributed by atoms with E-state index >= 15 is 0 Å². The summed E-state index contributed by atoms with van der Waals surface area (Å²) in [5, 5.41) is 0. The zero-order chi connectivity index (χ0) is 11.0. The lowest BCUT2D eigenvalue weighted by atomic mass is 10.0. The Morgan fingerprint density at radius 3 is 2.47 bits per heavy atom. The van der Waals surface area contributed by atoms with Crippen LogP contribution in [-0.2, 0) is 0 Å². The summed E-state index contributed by atoms with van der Waals surface area (Å²) in [6.45, 7) is 6.01.